The number of benzene rings is 2. The van der Waals surface area contributed by atoms with Crippen molar-refractivity contribution in [2.24, 2.45) is 4.99 Å². The van der Waals surface area contributed by atoms with Crippen molar-refractivity contribution in [1.82, 2.24) is 0 Å². The van der Waals surface area contributed by atoms with Gasteiger partial charge in [0.1, 0.15) is 5.82 Å². The predicted octanol–water partition coefficient (Wildman–Crippen LogP) is 4.25. The van der Waals surface area contributed by atoms with Crippen molar-refractivity contribution in [3.63, 3.8) is 0 Å². The van der Waals surface area contributed by atoms with E-state index in [0.717, 1.165) is 29.7 Å². The van der Waals surface area contributed by atoms with Crippen molar-refractivity contribution >= 4 is 12.4 Å². The van der Waals surface area contributed by atoms with Crippen LogP contribution in [0.5, 0.6) is 0 Å². The molecule has 0 atom stereocenters. The minimum absolute atomic E-state index is 0.182. The van der Waals surface area contributed by atoms with Gasteiger partial charge < -0.3 is 0 Å². The third kappa shape index (κ3) is 3.04. The molecule has 0 spiro atoms. The van der Waals surface area contributed by atoms with Gasteiger partial charge in [0.25, 0.3) is 0 Å². The summed E-state index contributed by atoms with van der Waals surface area (Å²) in [5.41, 5.74) is 4.29. The lowest BCUT2D eigenvalue weighted by atomic mass is 10.0. The molecule has 0 unspecified atom stereocenters. The molecular formula is C16H16FN. The molecule has 0 radical (unpaired) electrons. The van der Waals surface area contributed by atoms with Gasteiger partial charge in [-0.15, -0.1) is 0 Å². The van der Waals surface area contributed by atoms with Crippen LogP contribution in [0.15, 0.2) is 47.5 Å². The van der Waals surface area contributed by atoms with E-state index in [1.54, 1.807) is 12.1 Å². The highest BCUT2D eigenvalue weighted by Crippen LogP contribution is 2.22. The van der Waals surface area contributed by atoms with Gasteiger partial charge in [-0.25, -0.2) is 4.39 Å². The SMILES string of the molecule is C=Nc1ccc(C)cc1CCc1cccc(F)c1. The highest BCUT2D eigenvalue weighted by molar-refractivity contribution is 5.52. The molecule has 2 aromatic carbocycles. The molecule has 0 aliphatic rings. The van der Waals surface area contributed by atoms with Gasteiger partial charge in [0.2, 0.25) is 0 Å². The van der Waals surface area contributed by atoms with Gasteiger partial charge in [-0.1, -0.05) is 29.8 Å². The zero-order valence-electron chi connectivity index (χ0n) is 10.5. The van der Waals surface area contributed by atoms with E-state index < -0.39 is 0 Å². The third-order valence-corrected chi connectivity index (χ3v) is 2.98. The van der Waals surface area contributed by atoms with Crippen LogP contribution < -0.4 is 0 Å². The number of nitrogens with zero attached hydrogens (tertiary/aromatic N) is 1. The zero-order chi connectivity index (χ0) is 13.0. The second-order valence-corrected chi connectivity index (χ2v) is 4.42. The van der Waals surface area contributed by atoms with Gasteiger partial charge >= 0.3 is 0 Å². The molecule has 2 rings (SSSR count). The molecule has 1 nitrogen and oxygen atoms in total. The average molecular weight is 241 g/mol. The Bertz CT molecular complexity index is 561. The fraction of sp³-hybridized carbons (Fsp3) is 0.188. The Morgan fingerprint density at radius 2 is 1.94 bits per heavy atom. The largest absolute Gasteiger partial charge is 0.264 e. The maximum Gasteiger partial charge on any atom is 0.123 e. The summed E-state index contributed by atoms with van der Waals surface area (Å²) in [6.45, 7) is 5.63. The molecule has 0 aliphatic heterocycles. The van der Waals surface area contributed by atoms with E-state index in [1.807, 2.05) is 18.2 Å². The van der Waals surface area contributed by atoms with Crippen LogP contribution in [-0.4, -0.2) is 6.72 Å². The molecule has 18 heavy (non-hydrogen) atoms. The van der Waals surface area contributed by atoms with E-state index in [-0.39, 0.29) is 5.82 Å². The van der Waals surface area contributed by atoms with Gasteiger partial charge in [-0.3, -0.25) is 4.99 Å². The zero-order valence-corrected chi connectivity index (χ0v) is 10.5. The topological polar surface area (TPSA) is 12.4 Å². The molecule has 0 saturated carbocycles. The fourth-order valence-corrected chi connectivity index (χ4v) is 2.04. The molecular weight excluding hydrogens is 225 g/mol. The summed E-state index contributed by atoms with van der Waals surface area (Å²) < 4.78 is 13.1. The normalized spacial score (nSPS) is 10.3. The number of rotatable bonds is 4. The lowest BCUT2D eigenvalue weighted by Gasteiger charge is -2.07. The maximum absolute atomic E-state index is 13.1. The van der Waals surface area contributed by atoms with E-state index in [9.17, 15) is 4.39 Å². The number of hydrogen-bond acceptors (Lipinski definition) is 1. The summed E-state index contributed by atoms with van der Waals surface area (Å²) in [5.74, 6) is -0.182. The summed E-state index contributed by atoms with van der Waals surface area (Å²) in [7, 11) is 0. The lowest BCUT2D eigenvalue weighted by molar-refractivity contribution is 0.625. The molecule has 0 aliphatic carbocycles. The van der Waals surface area contributed by atoms with Crippen molar-refractivity contribution in [1.29, 1.82) is 0 Å². The maximum atomic E-state index is 13.1. The van der Waals surface area contributed by atoms with Crippen LogP contribution in [0.4, 0.5) is 10.1 Å². The van der Waals surface area contributed by atoms with Crippen LogP contribution in [0, 0.1) is 12.7 Å². The number of aliphatic imine (C=N–C) groups is 1. The summed E-state index contributed by atoms with van der Waals surface area (Å²) in [4.78, 5) is 4.02. The molecule has 2 heteroatoms. The van der Waals surface area contributed by atoms with Crippen LogP contribution in [0.25, 0.3) is 0 Å². The Morgan fingerprint density at radius 3 is 2.67 bits per heavy atom. The van der Waals surface area contributed by atoms with E-state index in [0.29, 0.717) is 0 Å². The van der Waals surface area contributed by atoms with Crippen molar-refractivity contribution in [3.05, 3.63) is 65.0 Å². The highest BCUT2D eigenvalue weighted by atomic mass is 19.1. The second kappa shape index (κ2) is 5.58. The van der Waals surface area contributed by atoms with Gasteiger partial charge in [-0.2, -0.15) is 0 Å². The number of halogens is 1. The minimum Gasteiger partial charge on any atom is -0.264 e. The molecule has 0 N–H and O–H groups in total. The third-order valence-electron chi connectivity index (χ3n) is 2.98. The van der Waals surface area contributed by atoms with Crippen LogP contribution in [0.3, 0.4) is 0 Å². The molecule has 0 heterocycles. The summed E-state index contributed by atoms with van der Waals surface area (Å²) in [6.07, 6.45) is 1.66. The second-order valence-electron chi connectivity index (χ2n) is 4.42. The number of aryl methyl sites for hydroxylation is 3. The van der Waals surface area contributed by atoms with Crippen molar-refractivity contribution in [2.75, 3.05) is 0 Å². The first-order valence-corrected chi connectivity index (χ1v) is 6.00. The van der Waals surface area contributed by atoms with Gasteiger partial charge in [0.15, 0.2) is 0 Å². The van der Waals surface area contributed by atoms with Crippen LogP contribution in [-0.2, 0) is 12.8 Å². The van der Waals surface area contributed by atoms with Gasteiger partial charge in [-0.05, 0) is 55.8 Å². The Balaban J connectivity index is 2.15. The molecule has 92 valence electrons. The van der Waals surface area contributed by atoms with E-state index in [2.05, 4.69) is 24.7 Å². The summed E-state index contributed by atoms with van der Waals surface area (Å²) >= 11 is 0. The van der Waals surface area contributed by atoms with Gasteiger partial charge in [0, 0.05) is 0 Å². The first-order chi connectivity index (χ1) is 8.69. The van der Waals surface area contributed by atoms with Crippen LogP contribution >= 0.6 is 0 Å². The Labute approximate surface area is 107 Å². The van der Waals surface area contributed by atoms with Crippen molar-refractivity contribution < 1.29 is 4.39 Å². The molecule has 0 fully saturated rings. The average Bonchev–Trinajstić information content (AvgIpc) is 2.37. The first-order valence-electron chi connectivity index (χ1n) is 6.00. The van der Waals surface area contributed by atoms with Crippen LogP contribution in [0.2, 0.25) is 0 Å². The van der Waals surface area contributed by atoms with Crippen molar-refractivity contribution in [2.45, 2.75) is 19.8 Å². The standard InChI is InChI=1S/C16H16FN/c1-12-6-9-16(18-2)14(10-12)8-7-13-4-3-5-15(17)11-13/h3-6,9-11H,2,7-8H2,1H3. The monoisotopic (exact) mass is 241 g/mol. The predicted molar refractivity (Wildman–Crippen MR) is 74.2 cm³/mol. The van der Waals surface area contributed by atoms with E-state index >= 15 is 0 Å². The highest BCUT2D eigenvalue weighted by Gasteiger charge is 2.03. The smallest absolute Gasteiger partial charge is 0.123 e. The molecule has 0 saturated heterocycles. The summed E-state index contributed by atoms with van der Waals surface area (Å²) in [6, 6.07) is 12.8. The minimum atomic E-state index is -0.182. The number of hydrogen-bond donors (Lipinski definition) is 0. The Morgan fingerprint density at radius 1 is 1.11 bits per heavy atom. The molecule has 0 aromatic heterocycles. The Hall–Kier alpha value is -1.96. The molecule has 0 amide bonds. The molecule has 2 aromatic rings. The lowest BCUT2D eigenvalue weighted by Crippen LogP contribution is -1.93. The van der Waals surface area contributed by atoms with E-state index in [4.69, 9.17) is 0 Å². The quantitative estimate of drug-likeness (QED) is 0.709. The summed E-state index contributed by atoms with van der Waals surface area (Å²) in [5, 5.41) is 0. The Kier molecular flexibility index (Phi) is 3.88. The van der Waals surface area contributed by atoms with E-state index in [1.165, 1.54) is 11.6 Å². The van der Waals surface area contributed by atoms with Crippen molar-refractivity contribution in [3.8, 4) is 0 Å². The van der Waals surface area contributed by atoms with Gasteiger partial charge in [0.05, 0.1) is 5.69 Å². The first kappa shape index (κ1) is 12.5. The molecule has 0 bridgehead atoms. The fourth-order valence-electron chi connectivity index (χ4n) is 2.04. The van der Waals surface area contributed by atoms with Crippen LogP contribution in [0.1, 0.15) is 16.7 Å².